The van der Waals surface area contributed by atoms with Crippen molar-refractivity contribution in [2.75, 3.05) is 6.54 Å². The Kier molecular flexibility index (Phi) is 4.43. The van der Waals surface area contributed by atoms with Crippen LogP contribution in [0, 0.1) is 20.8 Å². The van der Waals surface area contributed by atoms with Gasteiger partial charge in [0.15, 0.2) is 0 Å². The van der Waals surface area contributed by atoms with E-state index in [1.165, 1.54) is 4.57 Å². The van der Waals surface area contributed by atoms with Gasteiger partial charge in [0.2, 0.25) is 5.88 Å². The molecule has 0 saturated heterocycles. The summed E-state index contributed by atoms with van der Waals surface area (Å²) in [7, 11) is 0. The van der Waals surface area contributed by atoms with E-state index in [4.69, 9.17) is 0 Å². The Morgan fingerprint density at radius 3 is 2.46 bits per heavy atom. The maximum Gasteiger partial charge on any atom is 0.335 e. The Morgan fingerprint density at radius 1 is 1.07 bits per heavy atom. The predicted octanol–water partition coefficient (Wildman–Crippen LogP) is 2.39. The van der Waals surface area contributed by atoms with Crippen molar-refractivity contribution in [3.63, 3.8) is 0 Å². The van der Waals surface area contributed by atoms with Gasteiger partial charge in [-0.2, -0.15) is 0 Å². The van der Waals surface area contributed by atoms with Crippen molar-refractivity contribution in [2.45, 2.75) is 33.2 Å². The van der Waals surface area contributed by atoms with Crippen LogP contribution in [0.2, 0.25) is 0 Å². The summed E-state index contributed by atoms with van der Waals surface area (Å²) >= 11 is 0. The van der Waals surface area contributed by atoms with Crippen LogP contribution in [0.25, 0.3) is 5.69 Å². The van der Waals surface area contributed by atoms with Crippen LogP contribution in [0.15, 0.2) is 46.0 Å². The van der Waals surface area contributed by atoms with Crippen LogP contribution in [-0.2, 0) is 6.42 Å². The van der Waals surface area contributed by atoms with Crippen molar-refractivity contribution in [3.8, 4) is 11.6 Å². The number of hydrogen-bond acceptors (Lipinski definition) is 4. The standard InChI is InChI=1S/C22H23N3O3/c1-12-10-13(2)19(14(3)11-12)25-21(27)17(20(26)24-22(25)28)18-16-7-5-4-6-15(16)8-9-23-18/h4-7,10-11,18,23,27H,8-9H2,1-3H3,(H,24,26,28). The summed E-state index contributed by atoms with van der Waals surface area (Å²) in [5.41, 5.74) is 4.37. The van der Waals surface area contributed by atoms with Gasteiger partial charge >= 0.3 is 5.69 Å². The molecule has 1 atom stereocenters. The maximum atomic E-state index is 12.7. The molecule has 0 saturated carbocycles. The zero-order chi connectivity index (χ0) is 20.0. The van der Waals surface area contributed by atoms with Gasteiger partial charge in [-0.15, -0.1) is 0 Å². The lowest BCUT2D eigenvalue weighted by molar-refractivity contribution is 0.410. The summed E-state index contributed by atoms with van der Waals surface area (Å²) in [5, 5.41) is 14.4. The molecule has 3 N–H and O–H groups in total. The number of aromatic amines is 1. The van der Waals surface area contributed by atoms with Crippen LogP contribution in [0.4, 0.5) is 0 Å². The van der Waals surface area contributed by atoms with Gasteiger partial charge in [0.05, 0.1) is 17.3 Å². The average Bonchev–Trinajstić information content (AvgIpc) is 2.63. The van der Waals surface area contributed by atoms with Crippen molar-refractivity contribution in [3.05, 3.63) is 90.6 Å². The fourth-order valence-electron chi connectivity index (χ4n) is 4.29. The molecule has 0 amide bonds. The predicted molar refractivity (Wildman–Crippen MR) is 109 cm³/mol. The molecule has 1 aromatic heterocycles. The van der Waals surface area contributed by atoms with Crippen molar-refractivity contribution in [1.29, 1.82) is 0 Å². The van der Waals surface area contributed by atoms with Crippen molar-refractivity contribution in [2.24, 2.45) is 0 Å². The Labute approximate surface area is 162 Å². The van der Waals surface area contributed by atoms with Gasteiger partial charge in [0.25, 0.3) is 5.56 Å². The Bertz CT molecular complexity index is 1170. The number of H-pyrrole nitrogens is 1. The third kappa shape index (κ3) is 2.86. The second-order valence-electron chi connectivity index (χ2n) is 7.42. The maximum absolute atomic E-state index is 12.7. The fourth-order valence-corrected chi connectivity index (χ4v) is 4.29. The van der Waals surface area contributed by atoms with E-state index in [9.17, 15) is 14.7 Å². The third-order valence-electron chi connectivity index (χ3n) is 5.38. The molecule has 0 fully saturated rings. The van der Waals surface area contributed by atoms with E-state index in [1.807, 2.05) is 57.2 Å². The average molecular weight is 377 g/mol. The first-order valence-corrected chi connectivity index (χ1v) is 9.36. The zero-order valence-electron chi connectivity index (χ0n) is 16.2. The summed E-state index contributed by atoms with van der Waals surface area (Å²) < 4.78 is 1.21. The number of benzene rings is 2. The smallest absolute Gasteiger partial charge is 0.335 e. The second kappa shape index (κ2) is 6.80. The zero-order valence-corrected chi connectivity index (χ0v) is 16.2. The molecular weight excluding hydrogens is 354 g/mol. The Morgan fingerprint density at radius 2 is 1.75 bits per heavy atom. The number of nitrogens with zero attached hydrogens (tertiary/aromatic N) is 1. The molecule has 0 radical (unpaired) electrons. The molecular formula is C22H23N3O3. The minimum Gasteiger partial charge on any atom is -0.494 e. The van der Waals surface area contributed by atoms with Gasteiger partial charge in [-0.3, -0.25) is 9.78 Å². The van der Waals surface area contributed by atoms with Crippen molar-refractivity contribution < 1.29 is 5.11 Å². The number of aromatic nitrogens is 2. The number of nitrogens with one attached hydrogen (secondary N) is 2. The van der Waals surface area contributed by atoms with E-state index in [0.717, 1.165) is 34.2 Å². The number of rotatable bonds is 2. The summed E-state index contributed by atoms with van der Waals surface area (Å²) in [5.74, 6) is -0.321. The van der Waals surface area contributed by atoms with Crippen LogP contribution in [0.1, 0.15) is 39.4 Å². The molecule has 0 bridgehead atoms. The van der Waals surface area contributed by atoms with E-state index in [0.29, 0.717) is 12.2 Å². The van der Waals surface area contributed by atoms with E-state index in [-0.39, 0.29) is 11.4 Å². The van der Waals surface area contributed by atoms with Crippen LogP contribution in [0.5, 0.6) is 5.88 Å². The highest BCUT2D eigenvalue weighted by molar-refractivity contribution is 5.53. The fraction of sp³-hybridized carbons (Fsp3) is 0.273. The molecule has 144 valence electrons. The molecule has 6 nitrogen and oxygen atoms in total. The Hall–Kier alpha value is -3.12. The molecule has 1 aliphatic rings. The highest BCUT2D eigenvalue weighted by atomic mass is 16.3. The highest BCUT2D eigenvalue weighted by Crippen LogP contribution is 2.32. The largest absolute Gasteiger partial charge is 0.494 e. The van der Waals surface area contributed by atoms with Gasteiger partial charge in [0.1, 0.15) is 0 Å². The quantitative estimate of drug-likeness (QED) is 0.640. The lowest BCUT2D eigenvalue weighted by Gasteiger charge is -2.28. The topological polar surface area (TPSA) is 87.1 Å². The van der Waals surface area contributed by atoms with Crippen molar-refractivity contribution in [1.82, 2.24) is 14.9 Å². The first-order valence-electron chi connectivity index (χ1n) is 9.36. The molecule has 1 aliphatic heterocycles. The normalized spacial score (nSPS) is 16.0. The number of aryl methyl sites for hydroxylation is 3. The van der Waals surface area contributed by atoms with E-state index >= 15 is 0 Å². The Balaban J connectivity index is 2.00. The van der Waals surface area contributed by atoms with Crippen molar-refractivity contribution >= 4 is 0 Å². The molecule has 0 aliphatic carbocycles. The molecule has 4 rings (SSSR count). The first-order chi connectivity index (χ1) is 13.4. The van der Waals surface area contributed by atoms with Gasteiger partial charge in [-0.05, 0) is 49.4 Å². The van der Waals surface area contributed by atoms with Gasteiger partial charge in [-0.1, -0.05) is 42.0 Å². The summed E-state index contributed by atoms with van der Waals surface area (Å²) in [6, 6.07) is 11.3. The molecule has 0 spiro atoms. The highest BCUT2D eigenvalue weighted by Gasteiger charge is 2.29. The summed E-state index contributed by atoms with van der Waals surface area (Å²) in [6.45, 7) is 6.44. The minimum absolute atomic E-state index is 0.158. The molecule has 28 heavy (non-hydrogen) atoms. The second-order valence-corrected chi connectivity index (χ2v) is 7.42. The monoisotopic (exact) mass is 377 g/mol. The van der Waals surface area contributed by atoms with Crippen LogP contribution in [-0.4, -0.2) is 21.2 Å². The van der Waals surface area contributed by atoms with Crippen LogP contribution in [0.3, 0.4) is 0 Å². The number of aromatic hydroxyl groups is 1. The van der Waals surface area contributed by atoms with E-state index in [1.54, 1.807) is 0 Å². The number of hydrogen-bond donors (Lipinski definition) is 3. The minimum atomic E-state index is -0.648. The molecule has 3 aromatic rings. The van der Waals surface area contributed by atoms with Crippen LogP contribution >= 0.6 is 0 Å². The molecule has 2 aromatic carbocycles. The van der Waals surface area contributed by atoms with E-state index in [2.05, 4.69) is 10.3 Å². The summed E-state index contributed by atoms with van der Waals surface area (Å²) in [6.07, 6.45) is 0.848. The lowest BCUT2D eigenvalue weighted by atomic mass is 9.90. The first kappa shape index (κ1) is 18.3. The SMILES string of the molecule is Cc1cc(C)c(-n2c(O)c(C3NCCc4ccccc43)c(=O)[nH]c2=O)c(C)c1. The molecule has 1 unspecified atom stereocenters. The number of fused-ring (bicyclic) bond motifs is 1. The molecule has 6 heteroatoms. The summed E-state index contributed by atoms with van der Waals surface area (Å²) in [4.78, 5) is 27.8. The third-order valence-corrected chi connectivity index (χ3v) is 5.38. The van der Waals surface area contributed by atoms with Gasteiger partial charge in [-0.25, -0.2) is 9.36 Å². The van der Waals surface area contributed by atoms with Gasteiger partial charge < -0.3 is 10.4 Å². The van der Waals surface area contributed by atoms with E-state index < -0.39 is 17.3 Å². The lowest BCUT2D eigenvalue weighted by Crippen LogP contribution is -2.38. The molecule has 2 heterocycles. The van der Waals surface area contributed by atoms with Crippen LogP contribution < -0.4 is 16.6 Å². The van der Waals surface area contributed by atoms with Gasteiger partial charge in [0, 0.05) is 6.54 Å².